The summed E-state index contributed by atoms with van der Waals surface area (Å²) in [5, 5.41) is 6.44. The molecule has 0 saturated carbocycles. The van der Waals surface area contributed by atoms with Crippen molar-refractivity contribution in [3.63, 3.8) is 0 Å². The zero-order chi connectivity index (χ0) is 20.1. The molecule has 28 heavy (non-hydrogen) atoms. The van der Waals surface area contributed by atoms with Crippen LogP contribution < -0.4 is 15.4 Å². The molecule has 0 bridgehead atoms. The lowest BCUT2D eigenvalue weighted by Crippen LogP contribution is -2.05. The summed E-state index contributed by atoms with van der Waals surface area (Å²) in [5.41, 5.74) is 3.14. The Bertz CT molecular complexity index is 969. The van der Waals surface area contributed by atoms with Gasteiger partial charge in [0, 0.05) is 28.7 Å². The molecule has 2 N–H and O–H groups in total. The van der Waals surface area contributed by atoms with Crippen LogP contribution in [0.3, 0.4) is 0 Å². The average molecular weight is 376 g/mol. The van der Waals surface area contributed by atoms with E-state index in [1.807, 2.05) is 63.2 Å². The SMILES string of the molecule is CC(=O)c1cccc(Nc2cc(C)nc(Nc3ccc(OC(C)C)cc3)n2)c1. The standard InChI is InChI=1S/C22H24N4O2/c1-14(2)28-20-10-8-18(9-11-20)25-22-23-15(3)12-21(26-22)24-19-7-5-6-17(13-19)16(4)27/h5-14H,1-4H3,(H2,23,24,25,26). The van der Waals surface area contributed by atoms with Gasteiger partial charge in [-0.2, -0.15) is 4.98 Å². The Kier molecular flexibility index (Phi) is 5.89. The van der Waals surface area contributed by atoms with Crippen LogP contribution in [0.1, 0.15) is 36.8 Å². The summed E-state index contributed by atoms with van der Waals surface area (Å²) in [6, 6.07) is 16.8. The molecular formula is C22H24N4O2. The number of benzene rings is 2. The molecule has 2 aromatic carbocycles. The molecule has 0 spiro atoms. The number of rotatable bonds is 7. The number of hydrogen-bond donors (Lipinski definition) is 2. The highest BCUT2D eigenvalue weighted by Gasteiger charge is 2.06. The van der Waals surface area contributed by atoms with Gasteiger partial charge in [0.25, 0.3) is 0 Å². The van der Waals surface area contributed by atoms with E-state index < -0.39 is 0 Å². The molecule has 0 saturated heterocycles. The third-order valence-corrected chi connectivity index (χ3v) is 3.88. The van der Waals surface area contributed by atoms with E-state index in [-0.39, 0.29) is 11.9 Å². The number of nitrogens with zero attached hydrogens (tertiary/aromatic N) is 2. The Morgan fingerprint density at radius 1 is 0.964 bits per heavy atom. The molecule has 1 heterocycles. The first-order valence-corrected chi connectivity index (χ1v) is 9.16. The predicted molar refractivity (Wildman–Crippen MR) is 112 cm³/mol. The zero-order valence-electron chi connectivity index (χ0n) is 16.5. The summed E-state index contributed by atoms with van der Waals surface area (Å²) >= 11 is 0. The lowest BCUT2D eigenvalue weighted by molar-refractivity contribution is 0.101. The third kappa shape index (κ3) is 5.30. The lowest BCUT2D eigenvalue weighted by Gasteiger charge is -2.12. The van der Waals surface area contributed by atoms with Crippen molar-refractivity contribution in [1.29, 1.82) is 0 Å². The monoisotopic (exact) mass is 376 g/mol. The van der Waals surface area contributed by atoms with Gasteiger partial charge < -0.3 is 15.4 Å². The number of Topliss-reactive ketones (excluding diaryl/α,β-unsaturated/α-hetero) is 1. The molecule has 3 aromatic rings. The van der Waals surface area contributed by atoms with Crippen LogP contribution in [-0.4, -0.2) is 21.9 Å². The highest BCUT2D eigenvalue weighted by molar-refractivity contribution is 5.95. The molecule has 0 aliphatic heterocycles. The number of carbonyl (C=O) groups is 1. The van der Waals surface area contributed by atoms with Crippen LogP contribution in [0.4, 0.5) is 23.1 Å². The van der Waals surface area contributed by atoms with Crippen molar-refractivity contribution in [2.45, 2.75) is 33.8 Å². The molecular weight excluding hydrogens is 352 g/mol. The van der Waals surface area contributed by atoms with E-state index in [9.17, 15) is 4.79 Å². The second-order valence-corrected chi connectivity index (χ2v) is 6.80. The van der Waals surface area contributed by atoms with Crippen molar-refractivity contribution in [1.82, 2.24) is 9.97 Å². The summed E-state index contributed by atoms with van der Waals surface area (Å²) in [6.45, 7) is 7.44. The van der Waals surface area contributed by atoms with E-state index in [4.69, 9.17) is 4.74 Å². The van der Waals surface area contributed by atoms with Crippen LogP contribution in [0, 0.1) is 6.92 Å². The van der Waals surface area contributed by atoms with E-state index >= 15 is 0 Å². The molecule has 0 aliphatic rings. The first kappa shape index (κ1) is 19.4. The summed E-state index contributed by atoms with van der Waals surface area (Å²) in [4.78, 5) is 20.5. The molecule has 0 radical (unpaired) electrons. The van der Waals surface area contributed by atoms with Crippen LogP contribution in [0.15, 0.2) is 54.6 Å². The van der Waals surface area contributed by atoms with Crippen molar-refractivity contribution in [3.8, 4) is 5.75 Å². The van der Waals surface area contributed by atoms with Crippen molar-refractivity contribution >= 4 is 28.9 Å². The minimum absolute atomic E-state index is 0.0229. The van der Waals surface area contributed by atoms with E-state index in [0.717, 1.165) is 22.8 Å². The molecule has 144 valence electrons. The summed E-state index contributed by atoms with van der Waals surface area (Å²) in [5.74, 6) is 1.98. The first-order chi connectivity index (χ1) is 13.4. The fourth-order valence-electron chi connectivity index (χ4n) is 2.67. The van der Waals surface area contributed by atoms with Crippen LogP contribution in [-0.2, 0) is 0 Å². The highest BCUT2D eigenvalue weighted by atomic mass is 16.5. The zero-order valence-corrected chi connectivity index (χ0v) is 16.5. The van der Waals surface area contributed by atoms with Crippen LogP contribution in [0.5, 0.6) is 5.75 Å². The van der Waals surface area contributed by atoms with E-state index in [1.54, 1.807) is 19.1 Å². The quantitative estimate of drug-likeness (QED) is 0.548. The number of aryl methyl sites for hydroxylation is 1. The average Bonchev–Trinajstić information content (AvgIpc) is 2.62. The molecule has 0 aliphatic carbocycles. The molecule has 6 nitrogen and oxygen atoms in total. The minimum atomic E-state index is 0.0229. The van der Waals surface area contributed by atoms with Gasteiger partial charge in [-0.3, -0.25) is 4.79 Å². The van der Waals surface area contributed by atoms with E-state index in [2.05, 4.69) is 20.6 Å². The number of anilines is 4. The second kappa shape index (κ2) is 8.52. The van der Waals surface area contributed by atoms with Gasteiger partial charge in [-0.1, -0.05) is 12.1 Å². The maximum Gasteiger partial charge on any atom is 0.229 e. The fraction of sp³-hybridized carbons (Fsp3) is 0.227. The minimum Gasteiger partial charge on any atom is -0.491 e. The molecule has 6 heteroatoms. The number of aromatic nitrogens is 2. The number of carbonyl (C=O) groups excluding carboxylic acids is 1. The van der Waals surface area contributed by atoms with Gasteiger partial charge in [0.05, 0.1) is 6.10 Å². The predicted octanol–water partition coefficient (Wildman–Crippen LogP) is 5.26. The van der Waals surface area contributed by atoms with Gasteiger partial charge in [0.1, 0.15) is 11.6 Å². The largest absolute Gasteiger partial charge is 0.491 e. The summed E-state index contributed by atoms with van der Waals surface area (Å²) in [6.07, 6.45) is 0.133. The Morgan fingerprint density at radius 3 is 2.39 bits per heavy atom. The van der Waals surface area contributed by atoms with Crippen molar-refractivity contribution in [3.05, 3.63) is 65.9 Å². The van der Waals surface area contributed by atoms with Gasteiger partial charge in [0.2, 0.25) is 5.95 Å². The number of nitrogens with one attached hydrogen (secondary N) is 2. The second-order valence-electron chi connectivity index (χ2n) is 6.80. The van der Waals surface area contributed by atoms with Gasteiger partial charge in [0.15, 0.2) is 5.78 Å². The van der Waals surface area contributed by atoms with Gasteiger partial charge >= 0.3 is 0 Å². The number of ketones is 1. The normalized spacial score (nSPS) is 10.6. The lowest BCUT2D eigenvalue weighted by atomic mass is 10.1. The Labute approximate surface area is 165 Å². The maximum atomic E-state index is 11.6. The third-order valence-electron chi connectivity index (χ3n) is 3.88. The highest BCUT2D eigenvalue weighted by Crippen LogP contribution is 2.22. The first-order valence-electron chi connectivity index (χ1n) is 9.16. The van der Waals surface area contributed by atoms with Gasteiger partial charge in [-0.05, 0) is 64.1 Å². The van der Waals surface area contributed by atoms with E-state index in [0.29, 0.717) is 17.3 Å². The molecule has 0 amide bonds. The smallest absolute Gasteiger partial charge is 0.229 e. The van der Waals surface area contributed by atoms with Gasteiger partial charge in [-0.15, -0.1) is 0 Å². The van der Waals surface area contributed by atoms with Crippen LogP contribution in [0.2, 0.25) is 0 Å². The Morgan fingerprint density at radius 2 is 1.71 bits per heavy atom. The fourth-order valence-corrected chi connectivity index (χ4v) is 2.67. The number of hydrogen-bond acceptors (Lipinski definition) is 6. The molecule has 1 aromatic heterocycles. The van der Waals surface area contributed by atoms with Crippen molar-refractivity contribution < 1.29 is 9.53 Å². The molecule has 3 rings (SSSR count). The molecule has 0 fully saturated rings. The van der Waals surface area contributed by atoms with Gasteiger partial charge in [-0.25, -0.2) is 4.98 Å². The van der Waals surface area contributed by atoms with Crippen LogP contribution >= 0.6 is 0 Å². The topological polar surface area (TPSA) is 76.1 Å². The Balaban J connectivity index is 1.76. The van der Waals surface area contributed by atoms with Crippen molar-refractivity contribution in [2.75, 3.05) is 10.6 Å². The summed E-state index contributed by atoms with van der Waals surface area (Å²) in [7, 11) is 0. The van der Waals surface area contributed by atoms with Crippen molar-refractivity contribution in [2.24, 2.45) is 0 Å². The molecule has 0 atom stereocenters. The van der Waals surface area contributed by atoms with E-state index in [1.165, 1.54) is 0 Å². The summed E-state index contributed by atoms with van der Waals surface area (Å²) < 4.78 is 5.66. The Hall–Kier alpha value is -3.41. The van der Waals surface area contributed by atoms with Crippen LogP contribution in [0.25, 0.3) is 0 Å². The maximum absolute atomic E-state index is 11.6. The number of ether oxygens (including phenoxy) is 1. The molecule has 0 unspecified atom stereocenters.